The van der Waals surface area contributed by atoms with Crippen LogP contribution in [0.25, 0.3) is 10.9 Å². The summed E-state index contributed by atoms with van der Waals surface area (Å²) in [6.45, 7) is 7.64. The van der Waals surface area contributed by atoms with Gasteiger partial charge in [0.05, 0.1) is 18.4 Å². The van der Waals surface area contributed by atoms with E-state index >= 15 is 0 Å². The van der Waals surface area contributed by atoms with Gasteiger partial charge in [0.15, 0.2) is 11.0 Å². The van der Waals surface area contributed by atoms with Gasteiger partial charge in [-0.2, -0.15) is 13.2 Å². The number of nitrogens with zero attached hydrogens (tertiary/aromatic N) is 2. The molecule has 2 aromatic carbocycles. The molecule has 0 saturated heterocycles. The molecular formula is C25H23F6N3O2S. The maximum absolute atomic E-state index is 14.1. The SMILES string of the molecule is CC.CC.O=c1cc[nH]c(Oc2ccc3c(c2)c(=S)ncn3Cc2c(F)cc(F)cc2F)c1C(F)(F)F. The molecule has 0 radical (unpaired) electrons. The number of rotatable bonds is 4. The fraction of sp³-hybridized carbons (Fsp3) is 0.240. The summed E-state index contributed by atoms with van der Waals surface area (Å²) >= 11 is 5.16. The molecule has 0 atom stereocenters. The summed E-state index contributed by atoms with van der Waals surface area (Å²) in [5.41, 5.74) is -2.86. The Bertz CT molecular complexity index is 1480. The highest BCUT2D eigenvalue weighted by Gasteiger charge is 2.38. The van der Waals surface area contributed by atoms with Gasteiger partial charge in [-0.25, -0.2) is 18.2 Å². The molecule has 0 amide bonds. The van der Waals surface area contributed by atoms with E-state index in [0.29, 0.717) is 17.6 Å². The molecule has 4 aromatic rings. The van der Waals surface area contributed by atoms with Gasteiger partial charge in [0.2, 0.25) is 5.88 Å². The molecule has 4 rings (SSSR count). The molecule has 12 heteroatoms. The average molecular weight is 544 g/mol. The number of hydrogen-bond acceptors (Lipinski definition) is 4. The van der Waals surface area contributed by atoms with E-state index in [1.54, 1.807) is 0 Å². The largest absolute Gasteiger partial charge is 0.440 e. The molecule has 0 aliphatic heterocycles. The van der Waals surface area contributed by atoms with Gasteiger partial charge in [0.1, 0.15) is 27.8 Å². The maximum atomic E-state index is 14.1. The zero-order chi connectivity index (χ0) is 27.9. The zero-order valence-corrected chi connectivity index (χ0v) is 21.0. The Morgan fingerprint density at radius 3 is 2.22 bits per heavy atom. The maximum Gasteiger partial charge on any atom is 0.425 e. The van der Waals surface area contributed by atoms with Crippen molar-refractivity contribution in [2.75, 3.05) is 0 Å². The molecule has 2 aromatic heterocycles. The second-order valence-corrected chi connectivity index (χ2v) is 7.24. The summed E-state index contributed by atoms with van der Waals surface area (Å²) < 4.78 is 87.8. The van der Waals surface area contributed by atoms with E-state index in [9.17, 15) is 31.1 Å². The van der Waals surface area contributed by atoms with E-state index < -0.39 is 46.1 Å². The van der Waals surface area contributed by atoms with Crippen LogP contribution < -0.4 is 10.2 Å². The second-order valence-electron chi connectivity index (χ2n) is 6.85. The first kappa shape index (κ1) is 29.6. The van der Waals surface area contributed by atoms with Crippen molar-refractivity contribution in [1.82, 2.24) is 14.5 Å². The van der Waals surface area contributed by atoms with Crippen LogP contribution in [0.15, 0.2) is 53.7 Å². The van der Waals surface area contributed by atoms with E-state index in [-0.39, 0.29) is 22.3 Å². The fourth-order valence-electron chi connectivity index (χ4n) is 3.20. The molecule has 0 unspecified atom stereocenters. The third-order valence-corrected chi connectivity index (χ3v) is 5.01. The van der Waals surface area contributed by atoms with Crippen molar-refractivity contribution < 1.29 is 31.1 Å². The van der Waals surface area contributed by atoms with Crippen LogP contribution in [0.1, 0.15) is 38.8 Å². The van der Waals surface area contributed by atoms with Crippen LogP contribution in [0.2, 0.25) is 0 Å². The van der Waals surface area contributed by atoms with E-state index in [0.717, 1.165) is 12.3 Å². The molecule has 37 heavy (non-hydrogen) atoms. The number of fused-ring (bicyclic) bond motifs is 1. The Balaban J connectivity index is 0.00000115. The molecule has 5 nitrogen and oxygen atoms in total. The van der Waals surface area contributed by atoms with Crippen LogP contribution in [0.3, 0.4) is 0 Å². The van der Waals surface area contributed by atoms with Crippen molar-refractivity contribution in [1.29, 1.82) is 0 Å². The lowest BCUT2D eigenvalue weighted by molar-refractivity contribution is -0.139. The molecule has 0 aliphatic rings. The summed E-state index contributed by atoms with van der Waals surface area (Å²) in [7, 11) is 0. The highest BCUT2D eigenvalue weighted by atomic mass is 32.1. The molecule has 198 valence electrons. The minimum Gasteiger partial charge on any atom is -0.440 e. The lowest BCUT2D eigenvalue weighted by Crippen LogP contribution is -2.20. The number of aromatic amines is 1. The molecular weight excluding hydrogens is 520 g/mol. The van der Waals surface area contributed by atoms with Crippen molar-refractivity contribution in [3.63, 3.8) is 0 Å². The van der Waals surface area contributed by atoms with Gasteiger partial charge < -0.3 is 14.3 Å². The van der Waals surface area contributed by atoms with Crippen LogP contribution in [-0.4, -0.2) is 14.5 Å². The standard InChI is InChI=1S/C21H11F6N3O2S.2C2H6/c22-10-5-14(23)13(15(24)6-10)8-30-9-29-20(33)12-7-11(1-2-16(12)30)32-19-18(21(25,26)27)17(31)3-4-28-19;2*1-2/h1-7,9H,8H2,(H,28,31);2*1-2H3. The number of hydrogen-bond donors (Lipinski definition) is 1. The van der Waals surface area contributed by atoms with Crippen LogP contribution >= 0.6 is 12.2 Å². The van der Waals surface area contributed by atoms with Crippen LogP contribution in [0.5, 0.6) is 11.6 Å². The molecule has 2 heterocycles. The monoisotopic (exact) mass is 543 g/mol. The predicted molar refractivity (Wildman–Crippen MR) is 131 cm³/mol. The van der Waals surface area contributed by atoms with Gasteiger partial charge in [-0.3, -0.25) is 4.79 Å². The van der Waals surface area contributed by atoms with Crippen molar-refractivity contribution in [3.8, 4) is 11.6 Å². The normalized spacial score (nSPS) is 10.8. The Morgan fingerprint density at radius 2 is 1.62 bits per heavy atom. The average Bonchev–Trinajstić information content (AvgIpc) is 2.84. The van der Waals surface area contributed by atoms with Crippen LogP contribution in [0, 0.1) is 22.1 Å². The predicted octanol–water partition coefficient (Wildman–Crippen LogP) is 7.78. The lowest BCUT2D eigenvalue weighted by Gasteiger charge is -2.15. The van der Waals surface area contributed by atoms with Gasteiger partial charge in [0.25, 0.3) is 0 Å². The van der Waals surface area contributed by atoms with Crippen molar-refractivity contribution >= 4 is 23.1 Å². The first-order chi connectivity index (χ1) is 17.5. The zero-order valence-electron chi connectivity index (χ0n) is 20.2. The molecule has 0 bridgehead atoms. The number of alkyl halides is 3. The first-order valence-corrected chi connectivity index (χ1v) is 11.5. The Hall–Kier alpha value is -3.67. The molecule has 0 aliphatic carbocycles. The molecule has 0 spiro atoms. The van der Waals surface area contributed by atoms with E-state index in [2.05, 4.69) is 9.97 Å². The summed E-state index contributed by atoms with van der Waals surface area (Å²) in [5, 5.41) is 0.236. The number of aromatic nitrogens is 3. The second kappa shape index (κ2) is 12.5. The quantitative estimate of drug-likeness (QED) is 0.211. The van der Waals surface area contributed by atoms with Gasteiger partial charge in [-0.05, 0) is 18.2 Å². The third-order valence-electron chi connectivity index (χ3n) is 4.68. The number of nitrogens with one attached hydrogen (secondary N) is 1. The molecule has 1 N–H and O–H groups in total. The lowest BCUT2D eigenvalue weighted by atomic mass is 10.1. The van der Waals surface area contributed by atoms with Gasteiger partial charge in [-0.1, -0.05) is 39.9 Å². The summed E-state index contributed by atoms with van der Waals surface area (Å²) in [4.78, 5) is 17.9. The smallest absolute Gasteiger partial charge is 0.425 e. The fourth-order valence-corrected chi connectivity index (χ4v) is 3.41. The van der Waals surface area contributed by atoms with Crippen LogP contribution in [0.4, 0.5) is 26.3 Å². The Labute approximate surface area is 213 Å². The summed E-state index contributed by atoms with van der Waals surface area (Å²) in [5.74, 6) is -4.17. The minimum absolute atomic E-state index is 0.0457. The number of halogens is 6. The number of benzene rings is 2. The topological polar surface area (TPSA) is 59.9 Å². The van der Waals surface area contributed by atoms with Gasteiger partial charge in [-0.15, -0.1) is 0 Å². The number of ether oxygens (including phenoxy) is 1. The molecule has 0 fully saturated rings. The Kier molecular flexibility index (Phi) is 10.0. The van der Waals surface area contributed by atoms with Crippen molar-refractivity contribution in [3.05, 3.63) is 92.4 Å². The van der Waals surface area contributed by atoms with E-state index in [1.807, 2.05) is 27.7 Å². The van der Waals surface area contributed by atoms with Gasteiger partial charge in [0, 0.05) is 35.3 Å². The van der Waals surface area contributed by atoms with Gasteiger partial charge >= 0.3 is 6.18 Å². The van der Waals surface area contributed by atoms with Crippen molar-refractivity contribution in [2.24, 2.45) is 0 Å². The van der Waals surface area contributed by atoms with Crippen molar-refractivity contribution in [2.45, 2.75) is 40.4 Å². The van der Waals surface area contributed by atoms with Crippen LogP contribution in [-0.2, 0) is 12.7 Å². The summed E-state index contributed by atoms with van der Waals surface area (Å²) in [6.07, 6.45) is -2.73. The highest BCUT2D eigenvalue weighted by molar-refractivity contribution is 7.71. The molecule has 0 saturated carbocycles. The van der Waals surface area contributed by atoms with E-state index in [4.69, 9.17) is 17.0 Å². The number of H-pyrrole nitrogens is 1. The summed E-state index contributed by atoms with van der Waals surface area (Å²) in [6, 6.07) is 5.77. The first-order valence-electron chi connectivity index (χ1n) is 11.1. The highest BCUT2D eigenvalue weighted by Crippen LogP contribution is 2.35. The van der Waals surface area contributed by atoms with E-state index in [1.165, 1.54) is 29.1 Å². The Morgan fingerprint density at radius 1 is 1.00 bits per heavy atom. The number of pyridine rings is 1. The minimum atomic E-state index is -4.96. The third kappa shape index (κ3) is 6.76.